The fourth-order valence-electron chi connectivity index (χ4n) is 2.62. The van der Waals surface area contributed by atoms with Gasteiger partial charge in [-0.2, -0.15) is 9.61 Å². The second-order valence-electron chi connectivity index (χ2n) is 6.16. The van der Waals surface area contributed by atoms with E-state index in [0.717, 1.165) is 11.1 Å². The van der Waals surface area contributed by atoms with Crippen molar-refractivity contribution in [3.63, 3.8) is 0 Å². The highest BCUT2D eigenvalue weighted by Gasteiger charge is 2.11. The van der Waals surface area contributed by atoms with Gasteiger partial charge >= 0.3 is 0 Å². The van der Waals surface area contributed by atoms with Crippen molar-refractivity contribution < 1.29 is 9.18 Å². The molecule has 9 heteroatoms. The van der Waals surface area contributed by atoms with Crippen LogP contribution in [0.4, 0.5) is 4.39 Å². The van der Waals surface area contributed by atoms with Crippen LogP contribution in [-0.4, -0.2) is 31.5 Å². The van der Waals surface area contributed by atoms with Crippen LogP contribution in [-0.2, 0) is 11.3 Å². The normalized spacial score (nSPS) is 11.0. The molecule has 0 bridgehead atoms. The summed E-state index contributed by atoms with van der Waals surface area (Å²) in [5, 5.41) is 17.0. The summed E-state index contributed by atoms with van der Waals surface area (Å²) in [6.45, 7) is 0.346. The van der Waals surface area contributed by atoms with Crippen molar-refractivity contribution >= 4 is 34.9 Å². The average Bonchev–Trinajstić information content (AvgIpc) is 3.15. The molecule has 0 unspecified atom stereocenters. The Bertz CT molecular complexity index is 1150. The third-order valence-corrected chi connectivity index (χ3v) is 5.27. The molecule has 29 heavy (non-hydrogen) atoms. The van der Waals surface area contributed by atoms with Gasteiger partial charge in [0.2, 0.25) is 5.91 Å². The Morgan fingerprint density at radius 2 is 1.79 bits per heavy atom. The van der Waals surface area contributed by atoms with Crippen molar-refractivity contribution in [3.8, 4) is 11.4 Å². The second kappa shape index (κ2) is 8.59. The first-order valence-corrected chi connectivity index (χ1v) is 10.1. The third kappa shape index (κ3) is 4.72. The molecule has 6 nitrogen and oxygen atoms in total. The van der Waals surface area contributed by atoms with E-state index in [2.05, 4.69) is 20.6 Å². The molecule has 2 aromatic carbocycles. The Kier molecular flexibility index (Phi) is 5.73. The van der Waals surface area contributed by atoms with Crippen LogP contribution in [0.25, 0.3) is 17.0 Å². The maximum absolute atomic E-state index is 12.9. The molecular formula is C20H15ClFN5OS. The van der Waals surface area contributed by atoms with Gasteiger partial charge in [0.25, 0.3) is 0 Å². The number of carbonyl (C=O) groups excluding carboxylic acids is 1. The molecule has 0 spiro atoms. The van der Waals surface area contributed by atoms with Gasteiger partial charge in [-0.3, -0.25) is 4.79 Å². The van der Waals surface area contributed by atoms with Crippen LogP contribution in [0.15, 0.2) is 65.7 Å². The van der Waals surface area contributed by atoms with Gasteiger partial charge in [0.05, 0.1) is 5.75 Å². The maximum atomic E-state index is 12.9. The Labute approximate surface area is 175 Å². The van der Waals surface area contributed by atoms with Crippen LogP contribution in [0.1, 0.15) is 5.56 Å². The molecular weight excluding hydrogens is 413 g/mol. The molecule has 0 aliphatic heterocycles. The highest BCUT2D eigenvalue weighted by Crippen LogP contribution is 2.22. The van der Waals surface area contributed by atoms with Crippen LogP contribution < -0.4 is 5.32 Å². The summed E-state index contributed by atoms with van der Waals surface area (Å²) < 4.78 is 14.6. The lowest BCUT2D eigenvalue weighted by Gasteiger charge is -2.06. The molecule has 1 N–H and O–H groups in total. The topological polar surface area (TPSA) is 72.2 Å². The van der Waals surface area contributed by atoms with Gasteiger partial charge in [0.15, 0.2) is 11.5 Å². The minimum atomic E-state index is -0.302. The molecule has 0 aliphatic carbocycles. The molecule has 2 aromatic heterocycles. The fourth-order valence-corrected chi connectivity index (χ4v) is 3.43. The molecule has 1 amide bonds. The predicted molar refractivity (Wildman–Crippen MR) is 110 cm³/mol. The Morgan fingerprint density at radius 3 is 2.55 bits per heavy atom. The molecule has 0 fully saturated rings. The molecule has 0 atom stereocenters. The summed E-state index contributed by atoms with van der Waals surface area (Å²) in [6, 6.07) is 16.9. The Hall–Kier alpha value is -2.97. The number of fused-ring (bicyclic) bond motifs is 1. The van der Waals surface area contributed by atoms with Crippen molar-refractivity contribution in [2.45, 2.75) is 11.6 Å². The number of nitrogens with zero attached hydrogens (tertiary/aromatic N) is 4. The van der Waals surface area contributed by atoms with Gasteiger partial charge in [0.1, 0.15) is 10.8 Å². The van der Waals surface area contributed by atoms with E-state index in [9.17, 15) is 9.18 Å². The minimum Gasteiger partial charge on any atom is -0.351 e. The highest BCUT2D eigenvalue weighted by atomic mass is 35.5. The van der Waals surface area contributed by atoms with Crippen molar-refractivity contribution in [3.05, 3.63) is 77.1 Å². The zero-order chi connectivity index (χ0) is 20.2. The number of halogens is 2. The molecule has 2 heterocycles. The zero-order valence-corrected chi connectivity index (χ0v) is 16.6. The van der Waals surface area contributed by atoms with Gasteiger partial charge in [-0.1, -0.05) is 35.5 Å². The van der Waals surface area contributed by atoms with E-state index in [1.807, 2.05) is 12.1 Å². The molecule has 0 saturated carbocycles. The summed E-state index contributed by atoms with van der Waals surface area (Å²) in [7, 11) is 0. The largest absolute Gasteiger partial charge is 0.351 e. The van der Waals surface area contributed by atoms with E-state index in [-0.39, 0.29) is 17.5 Å². The number of carbonyl (C=O) groups is 1. The average molecular weight is 428 g/mol. The quantitative estimate of drug-likeness (QED) is 0.471. The summed E-state index contributed by atoms with van der Waals surface area (Å²) >= 11 is 7.25. The molecule has 4 aromatic rings. The summed E-state index contributed by atoms with van der Waals surface area (Å²) in [6.07, 6.45) is 0. The lowest BCUT2D eigenvalue weighted by molar-refractivity contribution is -0.118. The van der Waals surface area contributed by atoms with Crippen LogP contribution in [0.2, 0.25) is 5.02 Å². The van der Waals surface area contributed by atoms with Crippen molar-refractivity contribution in [1.82, 2.24) is 25.1 Å². The summed E-state index contributed by atoms with van der Waals surface area (Å²) in [5.74, 6) is 0.366. The molecule has 0 saturated heterocycles. The standard InChI is InChI=1S/C20H15ClFN5OS/c21-15-5-3-14(4-6-15)20-25-24-17-9-10-19(26-27(17)20)29-12-18(28)23-11-13-1-7-16(22)8-2-13/h1-10H,11-12H2,(H,23,28). The van der Waals surface area contributed by atoms with E-state index in [1.165, 1.54) is 23.9 Å². The van der Waals surface area contributed by atoms with Gasteiger partial charge in [-0.25, -0.2) is 4.39 Å². The molecule has 146 valence electrons. The number of nitrogens with one attached hydrogen (secondary N) is 1. The van der Waals surface area contributed by atoms with Crippen molar-refractivity contribution in [1.29, 1.82) is 0 Å². The minimum absolute atomic E-state index is 0.136. The lowest BCUT2D eigenvalue weighted by Crippen LogP contribution is -2.24. The smallest absolute Gasteiger partial charge is 0.230 e. The zero-order valence-electron chi connectivity index (χ0n) is 15.0. The predicted octanol–water partition coefficient (Wildman–Crippen LogP) is 3.99. The number of aromatic nitrogens is 4. The second-order valence-corrected chi connectivity index (χ2v) is 7.60. The highest BCUT2D eigenvalue weighted by molar-refractivity contribution is 7.99. The van der Waals surface area contributed by atoms with Crippen molar-refractivity contribution in [2.24, 2.45) is 0 Å². The number of hydrogen-bond donors (Lipinski definition) is 1. The first-order valence-electron chi connectivity index (χ1n) is 8.71. The van der Waals surface area contributed by atoms with Crippen LogP contribution in [0, 0.1) is 5.82 Å². The number of thioether (sulfide) groups is 1. The number of amides is 1. The van der Waals surface area contributed by atoms with Gasteiger partial charge < -0.3 is 5.32 Å². The summed E-state index contributed by atoms with van der Waals surface area (Å²) in [4.78, 5) is 12.1. The van der Waals surface area contributed by atoms with E-state index >= 15 is 0 Å². The molecule has 0 radical (unpaired) electrons. The van der Waals surface area contributed by atoms with Crippen LogP contribution in [0.3, 0.4) is 0 Å². The molecule has 4 rings (SSSR count). The Morgan fingerprint density at radius 1 is 1.03 bits per heavy atom. The van der Waals surface area contributed by atoms with Gasteiger partial charge in [-0.15, -0.1) is 10.2 Å². The van der Waals surface area contributed by atoms with E-state index in [4.69, 9.17) is 11.6 Å². The number of benzene rings is 2. The van der Waals surface area contributed by atoms with Crippen molar-refractivity contribution in [2.75, 3.05) is 5.75 Å². The molecule has 0 aliphatic rings. The lowest BCUT2D eigenvalue weighted by atomic mass is 10.2. The Balaban J connectivity index is 1.41. The van der Waals surface area contributed by atoms with Gasteiger partial charge in [-0.05, 0) is 54.1 Å². The van der Waals surface area contributed by atoms with E-state index < -0.39 is 0 Å². The number of rotatable bonds is 6. The first kappa shape index (κ1) is 19.4. The van der Waals surface area contributed by atoms with Crippen LogP contribution in [0.5, 0.6) is 0 Å². The third-order valence-electron chi connectivity index (χ3n) is 4.09. The maximum Gasteiger partial charge on any atom is 0.230 e. The summed E-state index contributed by atoms with van der Waals surface area (Å²) in [5.41, 5.74) is 2.29. The fraction of sp³-hybridized carbons (Fsp3) is 0.100. The van der Waals surface area contributed by atoms with Gasteiger partial charge in [0, 0.05) is 17.1 Å². The van der Waals surface area contributed by atoms with E-state index in [0.29, 0.717) is 28.1 Å². The number of hydrogen-bond acceptors (Lipinski definition) is 5. The SMILES string of the molecule is O=C(CSc1ccc2nnc(-c3ccc(Cl)cc3)n2n1)NCc1ccc(F)cc1. The van der Waals surface area contributed by atoms with Crippen LogP contribution >= 0.6 is 23.4 Å². The van der Waals surface area contributed by atoms with E-state index in [1.54, 1.807) is 40.9 Å². The monoisotopic (exact) mass is 427 g/mol. The first-order chi connectivity index (χ1) is 14.1.